The van der Waals surface area contributed by atoms with Crippen molar-refractivity contribution in [1.82, 2.24) is 9.80 Å². The zero-order chi connectivity index (χ0) is 14.1. The van der Waals surface area contributed by atoms with Gasteiger partial charge >= 0.3 is 12.0 Å². The molecular weight excluding hydrogens is 232 g/mol. The first-order chi connectivity index (χ1) is 8.23. The summed E-state index contributed by atoms with van der Waals surface area (Å²) in [6, 6.07) is 0.244. The molecule has 1 fully saturated rings. The lowest BCUT2D eigenvalue weighted by atomic mass is 10.0. The number of hydrogen-bond acceptors (Lipinski definition) is 2. The molecule has 2 unspecified atom stereocenters. The number of carboxylic acids is 1. The lowest BCUT2D eigenvalue weighted by Gasteiger charge is -2.38. The molecule has 0 bridgehead atoms. The van der Waals surface area contributed by atoms with E-state index in [4.69, 9.17) is 0 Å². The van der Waals surface area contributed by atoms with Gasteiger partial charge in [-0.2, -0.15) is 0 Å². The normalized spacial score (nSPS) is 24.2. The summed E-state index contributed by atoms with van der Waals surface area (Å²) in [5, 5.41) is 9.18. The van der Waals surface area contributed by atoms with Crippen LogP contribution in [0.4, 0.5) is 4.79 Å². The number of carboxylic acid groups (broad SMARTS) is 1. The maximum atomic E-state index is 12.5. The number of aliphatic carboxylic acids is 1. The lowest BCUT2D eigenvalue weighted by Crippen LogP contribution is -2.57. The molecular formula is C13H24N2O3. The third-order valence-corrected chi connectivity index (χ3v) is 4.13. The predicted molar refractivity (Wildman–Crippen MR) is 69.5 cm³/mol. The first kappa shape index (κ1) is 14.8. The van der Waals surface area contributed by atoms with Crippen molar-refractivity contribution in [1.29, 1.82) is 0 Å². The number of hydrogen-bond donors (Lipinski definition) is 1. The minimum absolute atomic E-state index is 0.181. The highest BCUT2D eigenvalue weighted by Gasteiger charge is 2.41. The molecule has 0 radical (unpaired) electrons. The zero-order valence-corrected chi connectivity index (χ0v) is 11.9. The van der Waals surface area contributed by atoms with Gasteiger partial charge in [-0.1, -0.05) is 6.92 Å². The van der Waals surface area contributed by atoms with Crippen molar-refractivity contribution in [3.63, 3.8) is 0 Å². The van der Waals surface area contributed by atoms with Gasteiger partial charge < -0.3 is 14.9 Å². The molecule has 104 valence electrons. The van der Waals surface area contributed by atoms with Gasteiger partial charge in [-0.05, 0) is 40.0 Å². The molecule has 18 heavy (non-hydrogen) atoms. The highest BCUT2D eigenvalue weighted by atomic mass is 16.4. The summed E-state index contributed by atoms with van der Waals surface area (Å²) < 4.78 is 0. The van der Waals surface area contributed by atoms with E-state index in [9.17, 15) is 14.7 Å². The van der Waals surface area contributed by atoms with Crippen LogP contribution in [0.15, 0.2) is 0 Å². The second-order valence-corrected chi connectivity index (χ2v) is 5.60. The smallest absolute Gasteiger partial charge is 0.329 e. The van der Waals surface area contributed by atoms with E-state index in [1.807, 2.05) is 11.8 Å². The summed E-state index contributed by atoms with van der Waals surface area (Å²) in [6.45, 7) is 7.18. The Morgan fingerprint density at radius 1 is 1.39 bits per heavy atom. The molecule has 1 saturated heterocycles. The number of likely N-dealkylation sites (N-methyl/N-ethyl adjacent to an activating group) is 1. The quantitative estimate of drug-likeness (QED) is 0.841. The highest BCUT2D eigenvalue weighted by molar-refractivity contribution is 5.85. The van der Waals surface area contributed by atoms with Crippen molar-refractivity contribution in [2.24, 2.45) is 0 Å². The van der Waals surface area contributed by atoms with E-state index in [0.29, 0.717) is 0 Å². The van der Waals surface area contributed by atoms with E-state index in [2.05, 4.69) is 6.92 Å². The number of urea groups is 1. The molecule has 1 N–H and O–H groups in total. The molecule has 0 aromatic rings. The van der Waals surface area contributed by atoms with Crippen LogP contribution < -0.4 is 0 Å². The number of nitrogens with zero attached hydrogens (tertiary/aromatic N) is 2. The summed E-state index contributed by atoms with van der Waals surface area (Å²) in [7, 11) is 1.56. The Bertz CT molecular complexity index is 341. The van der Waals surface area contributed by atoms with E-state index in [-0.39, 0.29) is 18.1 Å². The third-order valence-electron chi connectivity index (χ3n) is 4.13. The fourth-order valence-corrected chi connectivity index (χ4v) is 2.37. The molecule has 0 aliphatic carbocycles. The Hall–Kier alpha value is -1.26. The Labute approximate surface area is 109 Å². The van der Waals surface area contributed by atoms with Gasteiger partial charge in [-0.3, -0.25) is 0 Å². The molecule has 1 rings (SSSR count). The zero-order valence-electron chi connectivity index (χ0n) is 11.9. The van der Waals surface area contributed by atoms with Gasteiger partial charge in [0.15, 0.2) is 0 Å². The Kier molecular flexibility index (Phi) is 4.24. The first-order valence-corrected chi connectivity index (χ1v) is 6.53. The van der Waals surface area contributed by atoms with Crippen LogP contribution in [0.25, 0.3) is 0 Å². The van der Waals surface area contributed by atoms with Gasteiger partial charge in [0.25, 0.3) is 0 Å². The molecule has 0 spiro atoms. The number of rotatable bonds is 3. The average Bonchev–Trinajstić information content (AvgIpc) is 2.68. The van der Waals surface area contributed by atoms with Crippen molar-refractivity contribution in [3.05, 3.63) is 0 Å². The number of amides is 2. The molecule has 0 aromatic heterocycles. The second-order valence-electron chi connectivity index (χ2n) is 5.60. The second kappa shape index (κ2) is 5.16. The van der Waals surface area contributed by atoms with Crippen molar-refractivity contribution < 1.29 is 14.7 Å². The van der Waals surface area contributed by atoms with Gasteiger partial charge in [-0.25, -0.2) is 9.59 Å². The summed E-state index contributed by atoms with van der Waals surface area (Å²) in [4.78, 5) is 26.8. The largest absolute Gasteiger partial charge is 0.480 e. The van der Waals surface area contributed by atoms with E-state index in [1.165, 1.54) is 4.90 Å². The van der Waals surface area contributed by atoms with E-state index in [0.717, 1.165) is 19.3 Å². The molecule has 2 atom stereocenters. The maximum Gasteiger partial charge on any atom is 0.329 e. The standard InChI is InChI=1S/C13H24N2O3/c1-6-10-8-7-9(2)15(10)12(18)14(5)13(3,4)11(16)17/h9-10H,6-8H2,1-5H3,(H,16,17). The first-order valence-electron chi connectivity index (χ1n) is 6.53. The fraction of sp³-hybridized carbons (Fsp3) is 0.846. The van der Waals surface area contributed by atoms with E-state index >= 15 is 0 Å². The van der Waals surface area contributed by atoms with Crippen LogP contribution in [0, 0.1) is 0 Å². The van der Waals surface area contributed by atoms with Crippen molar-refractivity contribution >= 4 is 12.0 Å². The lowest BCUT2D eigenvalue weighted by molar-refractivity contribution is -0.147. The van der Waals surface area contributed by atoms with E-state index < -0.39 is 11.5 Å². The van der Waals surface area contributed by atoms with E-state index in [1.54, 1.807) is 20.9 Å². The number of likely N-dealkylation sites (tertiary alicyclic amines) is 1. The molecule has 0 saturated carbocycles. The monoisotopic (exact) mass is 256 g/mol. The van der Waals surface area contributed by atoms with Gasteiger partial charge in [0, 0.05) is 19.1 Å². The highest BCUT2D eigenvalue weighted by Crippen LogP contribution is 2.28. The predicted octanol–water partition coefficient (Wildman–Crippen LogP) is 2.16. The minimum atomic E-state index is -1.18. The molecule has 1 aliphatic heterocycles. The van der Waals surface area contributed by atoms with Crippen molar-refractivity contribution in [3.8, 4) is 0 Å². The maximum absolute atomic E-state index is 12.5. The molecule has 2 amide bonds. The Morgan fingerprint density at radius 2 is 1.94 bits per heavy atom. The van der Waals surface area contributed by atoms with Crippen molar-refractivity contribution in [2.75, 3.05) is 7.05 Å². The summed E-state index contributed by atoms with van der Waals surface area (Å²) >= 11 is 0. The fourth-order valence-electron chi connectivity index (χ4n) is 2.37. The van der Waals surface area contributed by atoms with Gasteiger partial charge in [0.2, 0.25) is 0 Å². The molecule has 1 aliphatic rings. The third kappa shape index (κ3) is 2.44. The van der Waals surface area contributed by atoms with Crippen LogP contribution in [0.3, 0.4) is 0 Å². The number of carbonyl (C=O) groups excluding carboxylic acids is 1. The van der Waals surface area contributed by atoms with Crippen LogP contribution in [0.5, 0.6) is 0 Å². The Morgan fingerprint density at radius 3 is 2.39 bits per heavy atom. The molecule has 1 heterocycles. The van der Waals surface area contributed by atoms with Crippen LogP contribution >= 0.6 is 0 Å². The minimum Gasteiger partial charge on any atom is -0.480 e. The summed E-state index contributed by atoms with van der Waals surface area (Å²) in [6.07, 6.45) is 2.91. The molecule has 5 nitrogen and oxygen atoms in total. The van der Waals surface area contributed by atoms with Crippen LogP contribution in [0.1, 0.15) is 47.0 Å². The van der Waals surface area contributed by atoms with Crippen LogP contribution in [-0.2, 0) is 4.79 Å². The summed E-state index contributed by atoms with van der Waals surface area (Å²) in [5.74, 6) is -0.988. The Balaban J connectivity index is 2.89. The van der Waals surface area contributed by atoms with Gasteiger partial charge in [-0.15, -0.1) is 0 Å². The average molecular weight is 256 g/mol. The van der Waals surface area contributed by atoms with Gasteiger partial charge in [0.05, 0.1) is 0 Å². The van der Waals surface area contributed by atoms with Crippen LogP contribution in [0.2, 0.25) is 0 Å². The summed E-state index contributed by atoms with van der Waals surface area (Å²) in [5.41, 5.74) is -1.18. The molecule has 5 heteroatoms. The topological polar surface area (TPSA) is 60.9 Å². The van der Waals surface area contributed by atoms with Crippen molar-refractivity contribution in [2.45, 2.75) is 64.6 Å². The SMILES string of the molecule is CCC1CCC(C)N1C(=O)N(C)C(C)(C)C(=O)O. The molecule has 0 aromatic carbocycles. The van der Waals surface area contributed by atoms with Gasteiger partial charge in [0.1, 0.15) is 5.54 Å². The van der Waals surface area contributed by atoms with Crippen LogP contribution in [-0.4, -0.2) is 51.6 Å². The number of carbonyl (C=O) groups is 2.